The van der Waals surface area contributed by atoms with E-state index in [0.717, 1.165) is 0 Å². The average Bonchev–Trinajstić information content (AvgIpc) is 2.72. The van der Waals surface area contributed by atoms with Crippen LogP contribution in [-0.2, 0) is 9.53 Å². The highest BCUT2D eigenvalue weighted by Crippen LogP contribution is 2.38. The summed E-state index contributed by atoms with van der Waals surface area (Å²) in [5.41, 5.74) is 0.329. The number of benzene rings is 2. The summed E-state index contributed by atoms with van der Waals surface area (Å²) in [7, 11) is 4.25. The van der Waals surface area contributed by atoms with Crippen molar-refractivity contribution >= 4 is 23.3 Å². The number of nitro groups is 1. The lowest BCUT2D eigenvalue weighted by Gasteiger charge is -2.16. The van der Waals surface area contributed by atoms with Crippen LogP contribution in [0, 0.1) is 10.1 Å². The van der Waals surface area contributed by atoms with Gasteiger partial charge in [0.05, 0.1) is 31.8 Å². The lowest BCUT2D eigenvalue weighted by atomic mass is 10.2. The molecule has 29 heavy (non-hydrogen) atoms. The highest BCUT2D eigenvalue weighted by Gasteiger charge is 2.22. The molecule has 2 aromatic carbocycles. The normalized spacial score (nSPS) is 11.2. The van der Waals surface area contributed by atoms with Crippen LogP contribution in [0.5, 0.6) is 17.2 Å². The van der Waals surface area contributed by atoms with Gasteiger partial charge in [0, 0.05) is 17.8 Å². The molecular formula is C19H20N2O8. The van der Waals surface area contributed by atoms with Crippen molar-refractivity contribution < 1.29 is 33.5 Å². The Balaban J connectivity index is 2.09. The molecule has 1 amide bonds. The maximum absolute atomic E-state index is 12.4. The van der Waals surface area contributed by atoms with Crippen molar-refractivity contribution in [3.05, 3.63) is 52.1 Å². The number of methoxy groups -OCH3 is 3. The van der Waals surface area contributed by atoms with Gasteiger partial charge in [0.1, 0.15) is 0 Å². The molecule has 1 atom stereocenters. The maximum Gasteiger partial charge on any atom is 0.339 e. The Labute approximate surface area is 166 Å². The smallest absolute Gasteiger partial charge is 0.339 e. The summed E-state index contributed by atoms with van der Waals surface area (Å²) in [5.74, 6) is -0.519. The van der Waals surface area contributed by atoms with E-state index in [1.807, 2.05) is 0 Å². The molecule has 1 unspecified atom stereocenters. The quantitative estimate of drug-likeness (QED) is 0.404. The molecule has 2 rings (SSSR count). The second kappa shape index (κ2) is 9.40. The molecule has 0 aromatic heterocycles. The van der Waals surface area contributed by atoms with Gasteiger partial charge >= 0.3 is 5.97 Å². The summed E-state index contributed by atoms with van der Waals surface area (Å²) < 4.78 is 20.8. The van der Waals surface area contributed by atoms with Crippen molar-refractivity contribution in [2.24, 2.45) is 0 Å². The largest absolute Gasteiger partial charge is 0.493 e. The number of anilines is 1. The van der Waals surface area contributed by atoms with E-state index >= 15 is 0 Å². The Morgan fingerprint density at radius 3 is 2.00 bits per heavy atom. The van der Waals surface area contributed by atoms with E-state index in [1.54, 1.807) is 0 Å². The van der Waals surface area contributed by atoms with Crippen LogP contribution in [0.15, 0.2) is 36.4 Å². The van der Waals surface area contributed by atoms with Gasteiger partial charge in [-0.3, -0.25) is 14.9 Å². The van der Waals surface area contributed by atoms with Crippen LogP contribution in [0.1, 0.15) is 17.3 Å². The third kappa shape index (κ3) is 5.12. The lowest BCUT2D eigenvalue weighted by Crippen LogP contribution is -2.30. The zero-order chi connectivity index (χ0) is 21.6. The fourth-order valence-corrected chi connectivity index (χ4v) is 2.39. The molecule has 0 radical (unpaired) electrons. The number of esters is 1. The van der Waals surface area contributed by atoms with Crippen LogP contribution in [0.4, 0.5) is 11.4 Å². The van der Waals surface area contributed by atoms with Gasteiger partial charge in [0.2, 0.25) is 5.75 Å². The van der Waals surface area contributed by atoms with Gasteiger partial charge in [-0.15, -0.1) is 0 Å². The Kier molecular flexibility index (Phi) is 6.96. The van der Waals surface area contributed by atoms with Crippen LogP contribution in [0.3, 0.4) is 0 Å². The van der Waals surface area contributed by atoms with Crippen LogP contribution in [-0.4, -0.2) is 44.2 Å². The van der Waals surface area contributed by atoms with Gasteiger partial charge in [-0.1, -0.05) is 0 Å². The van der Waals surface area contributed by atoms with Crippen molar-refractivity contribution in [3.8, 4) is 17.2 Å². The van der Waals surface area contributed by atoms with E-state index in [2.05, 4.69) is 5.32 Å². The fourth-order valence-electron chi connectivity index (χ4n) is 2.39. The molecule has 0 bridgehead atoms. The number of hydrogen-bond acceptors (Lipinski definition) is 8. The van der Waals surface area contributed by atoms with Crippen LogP contribution in [0.2, 0.25) is 0 Å². The van der Waals surface area contributed by atoms with Crippen molar-refractivity contribution in [2.75, 3.05) is 26.6 Å². The van der Waals surface area contributed by atoms with E-state index < -0.39 is 22.9 Å². The molecule has 0 aliphatic carbocycles. The number of nitro benzene ring substituents is 1. The van der Waals surface area contributed by atoms with Crippen LogP contribution < -0.4 is 19.5 Å². The minimum Gasteiger partial charge on any atom is -0.493 e. The predicted octanol–water partition coefficient (Wildman–Crippen LogP) is 2.80. The van der Waals surface area contributed by atoms with Gasteiger partial charge in [0.25, 0.3) is 11.6 Å². The third-order valence-corrected chi connectivity index (χ3v) is 3.90. The van der Waals surface area contributed by atoms with E-state index in [0.29, 0.717) is 11.4 Å². The van der Waals surface area contributed by atoms with Crippen LogP contribution >= 0.6 is 0 Å². The fraction of sp³-hybridized carbons (Fsp3) is 0.263. The van der Waals surface area contributed by atoms with Gasteiger partial charge in [-0.05, 0) is 31.2 Å². The molecule has 0 heterocycles. The monoisotopic (exact) mass is 404 g/mol. The van der Waals surface area contributed by atoms with E-state index in [-0.39, 0.29) is 22.7 Å². The topological polar surface area (TPSA) is 126 Å². The second-order valence-corrected chi connectivity index (χ2v) is 5.75. The standard InChI is InChI=1S/C19H20N2O8/c1-11(18(22)20-13-5-7-14(8-6-13)21(24)25)29-19(23)12-9-15(26-2)17(28-4)16(10-12)27-3/h5-11H,1-4H3,(H,20,22). The Morgan fingerprint density at radius 2 is 1.55 bits per heavy atom. The number of nitrogens with zero attached hydrogens (tertiary/aromatic N) is 1. The molecule has 10 nitrogen and oxygen atoms in total. The average molecular weight is 404 g/mol. The third-order valence-electron chi connectivity index (χ3n) is 3.90. The Morgan fingerprint density at radius 1 is 1.00 bits per heavy atom. The molecule has 0 fully saturated rings. The molecule has 0 aliphatic rings. The summed E-state index contributed by atoms with van der Waals surface area (Å²) in [5, 5.41) is 13.2. The first kappa shape index (κ1) is 21.5. The predicted molar refractivity (Wildman–Crippen MR) is 103 cm³/mol. The molecular weight excluding hydrogens is 384 g/mol. The van der Waals surface area contributed by atoms with Crippen LogP contribution in [0.25, 0.3) is 0 Å². The molecule has 10 heteroatoms. The van der Waals surface area contributed by atoms with E-state index in [9.17, 15) is 19.7 Å². The Hall–Kier alpha value is -3.82. The summed E-state index contributed by atoms with van der Waals surface area (Å²) in [6.07, 6.45) is -1.13. The number of carbonyl (C=O) groups excluding carboxylic acids is 2. The number of carbonyl (C=O) groups is 2. The first-order valence-electron chi connectivity index (χ1n) is 8.37. The molecule has 0 aliphatic heterocycles. The zero-order valence-corrected chi connectivity index (χ0v) is 16.3. The summed E-state index contributed by atoms with van der Waals surface area (Å²) >= 11 is 0. The second-order valence-electron chi connectivity index (χ2n) is 5.75. The molecule has 0 saturated carbocycles. The Bertz CT molecular complexity index is 886. The molecule has 0 saturated heterocycles. The van der Waals surface area contributed by atoms with Gasteiger partial charge in [-0.2, -0.15) is 0 Å². The van der Waals surface area contributed by atoms with Crippen molar-refractivity contribution in [1.29, 1.82) is 0 Å². The first-order valence-corrected chi connectivity index (χ1v) is 8.37. The summed E-state index contributed by atoms with van der Waals surface area (Å²) in [6.45, 7) is 1.40. The minimum absolute atomic E-state index is 0.106. The number of ether oxygens (including phenoxy) is 4. The number of amides is 1. The number of rotatable bonds is 8. The van der Waals surface area contributed by atoms with Gasteiger partial charge in [-0.25, -0.2) is 4.79 Å². The molecule has 1 N–H and O–H groups in total. The number of hydrogen-bond donors (Lipinski definition) is 1. The molecule has 2 aromatic rings. The first-order chi connectivity index (χ1) is 13.8. The van der Waals surface area contributed by atoms with Crippen molar-refractivity contribution in [3.63, 3.8) is 0 Å². The zero-order valence-electron chi connectivity index (χ0n) is 16.3. The summed E-state index contributed by atoms with van der Waals surface area (Å²) in [6, 6.07) is 8.08. The van der Waals surface area contributed by atoms with E-state index in [1.165, 1.54) is 64.7 Å². The maximum atomic E-state index is 12.4. The lowest BCUT2D eigenvalue weighted by molar-refractivity contribution is -0.384. The molecule has 0 spiro atoms. The van der Waals surface area contributed by atoms with Gasteiger partial charge in [0.15, 0.2) is 17.6 Å². The van der Waals surface area contributed by atoms with Crippen molar-refractivity contribution in [2.45, 2.75) is 13.0 Å². The molecule has 154 valence electrons. The highest BCUT2D eigenvalue weighted by atomic mass is 16.6. The van der Waals surface area contributed by atoms with Gasteiger partial charge < -0.3 is 24.3 Å². The van der Waals surface area contributed by atoms with Crippen molar-refractivity contribution in [1.82, 2.24) is 0 Å². The highest BCUT2D eigenvalue weighted by molar-refractivity contribution is 5.97. The SMILES string of the molecule is COc1cc(C(=O)OC(C)C(=O)Nc2ccc([N+](=O)[O-])cc2)cc(OC)c1OC. The van der Waals surface area contributed by atoms with E-state index in [4.69, 9.17) is 18.9 Å². The minimum atomic E-state index is -1.13. The summed E-state index contributed by atoms with van der Waals surface area (Å²) in [4.78, 5) is 34.8. The number of nitrogens with one attached hydrogen (secondary N) is 1. The number of non-ortho nitro benzene ring substituents is 1.